The number of fused-ring (bicyclic) bond motifs is 1. The maximum Gasteiger partial charge on any atom is 0.272 e. The van der Waals surface area contributed by atoms with Gasteiger partial charge in [0.2, 0.25) is 0 Å². The van der Waals surface area contributed by atoms with Crippen LogP contribution in [0.4, 0.5) is 5.69 Å². The molecule has 2 aromatic rings. The fourth-order valence-corrected chi connectivity index (χ4v) is 4.30. The Kier molecular flexibility index (Phi) is 4.82. The van der Waals surface area contributed by atoms with Crippen molar-refractivity contribution in [2.45, 2.75) is 32.5 Å². The van der Waals surface area contributed by atoms with Crippen molar-refractivity contribution in [3.05, 3.63) is 40.4 Å². The zero-order valence-electron chi connectivity index (χ0n) is 15.9. The first-order valence-electron chi connectivity index (χ1n) is 9.30. The number of carbonyl (C=O) groups excluding carboxylic acids is 1. The predicted molar refractivity (Wildman–Crippen MR) is 103 cm³/mol. The fraction of sp³-hybridized carbons (Fsp3) is 0.526. The molecule has 0 saturated carbocycles. The van der Waals surface area contributed by atoms with Crippen LogP contribution in [-0.2, 0) is 18.2 Å². The molecular weight excluding hydrogens is 366 g/mol. The van der Waals surface area contributed by atoms with Gasteiger partial charge in [0.05, 0.1) is 28.6 Å². The average Bonchev–Trinajstić information content (AvgIpc) is 2.98. The molecule has 2 aliphatic heterocycles. The van der Waals surface area contributed by atoms with Gasteiger partial charge in [-0.1, -0.05) is 11.6 Å². The lowest BCUT2D eigenvalue weighted by Gasteiger charge is -2.36. The molecule has 4 heterocycles. The molecule has 8 heteroatoms. The van der Waals surface area contributed by atoms with Crippen molar-refractivity contribution in [1.82, 2.24) is 19.7 Å². The van der Waals surface area contributed by atoms with Crippen molar-refractivity contribution >= 4 is 23.2 Å². The van der Waals surface area contributed by atoms with Crippen LogP contribution in [0.5, 0.6) is 0 Å². The topological polar surface area (TPSA) is 63.5 Å². The molecule has 0 spiro atoms. The van der Waals surface area contributed by atoms with E-state index in [4.69, 9.17) is 16.3 Å². The van der Waals surface area contributed by atoms with E-state index in [1.165, 1.54) is 0 Å². The Hall–Kier alpha value is -2.12. The highest BCUT2D eigenvalue weighted by atomic mass is 35.5. The molecule has 2 aliphatic rings. The standard InChI is InChI=1S/C19H24ClN5O2/c1-12-10-14-17(13(2)27-12)22-23(3)18(14)19(26)25-8-6-24(7-9-25)16-4-5-21-11-15(16)20/h4-5,11-13H,6-10H2,1-3H3/t12-,13+/m1/s1. The third kappa shape index (κ3) is 3.30. The summed E-state index contributed by atoms with van der Waals surface area (Å²) in [6.07, 6.45) is 4.13. The third-order valence-electron chi connectivity index (χ3n) is 5.35. The number of piperazine rings is 1. The first-order chi connectivity index (χ1) is 13.0. The lowest BCUT2D eigenvalue weighted by Crippen LogP contribution is -2.49. The highest BCUT2D eigenvalue weighted by Gasteiger charge is 2.34. The number of hydrogen-bond donors (Lipinski definition) is 0. The van der Waals surface area contributed by atoms with Crippen molar-refractivity contribution in [2.24, 2.45) is 7.05 Å². The summed E-state index contributed by atoms with van der Waals surface area (Å²) in [6.45, 7) is 6.82. The number of hydrogen-bond acceptors (Lipinski definition) is 5. The van der Waals surface area contributed by atoms with Crippen molar-refractivity contribution in [3.63, 3.8) is 0 Å². The number of pyridine rings is 1. The minimum absolute atomic E-state index is 0.0491. The molecule has 0 N–H and O–H groups in total. The minimum atomic E-state index is -0.0813. The molecule has 0 aromatic carbocycles. The zero-order chi connectivity index (χ0) is 19.1. The number of aromatic nitrogens is 3. The quantitative estimate of drug-likeness (QED) is 0.789. The molecule has 0 unspecified atom stereocenters. The molecule has 0 aliphatic carbocycles. The Labute approximate surface area is 163 Å². The highest BCUT2D eigenvalue weighted by Crippen LogP contribution is 2.32. The van der Waals surface area contributed by atoms with Crippen LogP contribution in [-0.4, -0.2) is 57.9 Å². The van der Waals surface area contributed by atoms with Gasteiger partial charge in [-0.2, -0.15) is 5.10 Å². The first kappa shape index (κ1) is 18.3. The number of halogens is 1. The molecule has 7 nitrogen and oxygen atoms in total. The van der Waals surface area contributed by atoms with Gasteiger partial charge in [0.15, 0.2) is 0 Å². The van der Waals surface area contributed by atoms with Crippen LogP contribution in [0.3, 0.4) is 0 Å². The van der Waals surface area contributed by atoms with Gasteiger partial charge >= 0.3 is 0 Å². The Morgan fingerprint density at radius 1 is 1.26 bits per heavy atom. The second-order valence-electron chi connectivity index (χ2n) is 7.24. The summed E-state index contributed by atoms with van der Waals surface area (Å²) in [7, 11) is 1.84. The summed E-state index contributed by atoms with van der Waals surface area (Å²) in [4.78, 5) is 21.4. The van der Waals surface area contributed by atoms with E-state index in [1.54, 1.807) is 17.1 Å². The van der Waals surface area contributed by atoms with Gasteiger partial charge in [0.25, 0.3) is 5.91 Å². The SMILES string of the molecule is C[C@@H]1Cc2c(nn(C)c2C(=O)N2CCN(c3ccncc3Cl)CC2)[C@H](C)O1. The summed E-state index contributed by atoms with van der Waals surface area (Å²) >= 11 is 6.26. The van der Waals surface area contributed by atoms with Crippen LogP contribution >= 0.6 is 11.6 Å². The van der Waals surface area contributed by atoms with Crippen molar-refractivity contribution < 1.29 is 9.53 Å². The molecule has 144 valence electrons. The first-order valence-corrected chi connectivity index (χ1v) is 9.68. The van der Waals surface area contributed by atoms with Gasteiger partial charge in [0.1, 0.15) is 5.69 Å². The maximum atomic E-state index is 13.2. The van der Waals surface area contributed by atoms with Gasteiger partial charge in [-0.25, -0.2) is 0 Å². The molecule has 2 aromatic heterocycles. The number of anilines is 1. The smallest absolute Gasteiger partial charge is 0.272 e. The number of nitrogens with zero attached hydrogens (tertiary/aromatic N) is 5. The molecule has 2 atom stereocenters. The summed E-state index contributed by atoms with van der Waals surface area (Å²) in [5.74, 6) is 0.0491. The van der Waals surface area contributed by atoms with Gasteiger partial charge in [-0.15, -0.1) is 0 Å². The minimum Gasteiger partial charge on any atom is -0.369 e. The van der Waals surface area contributed by atoms with E-state index in [0.29, 0.717) is 23.8 Å². The van der Waals surface area contributed by atoms with E-state index < -0.39 is 0 Å². The predicted octanol–water partition coefficient (Wildman–Crippen LogP) is 2.45. The van der Waals surface area contributed by atoms with Gasteiger partial charge in [0, 0.05) is 57.6 Å². The average molecular weight is 390 g/mol. The molecule has 4 rings (SSSR count). The molecule has 0 radical (unpaired) electrons. The van der Waals surface area contributed by atoms with Crippen LogP contribution in [0.2, 0.25) is 5.02 Å². The van der Waals surface area contributed by atoms with E-state index >= 15 is 0 Å². The third-order valence-corrected chi connectivity index (χ3v) is 5.64. The Balaban J connectivity index is 1.52. The largest absolute Gasteiger partial charge is 0.369 e. The summed E-state index contributed by atoms with van der Waals surface area (Å²) in [6, 6.07) is 1.92. The molecule has 1 amide bonds. The molecule has 1 fully saturated rings. The fourth-order valence-electron chi connectivity index (χ4n) is 4.06. The normalized spacial score (nSPS) is 22.7. The van der Waals surface area contributed by atoms with Gasteiger partial charge in [-0.3, -0.25) is 14.5 Å². The summed E-state index contributed by atoms with van der Waals surface area (Å²) in [5.41, 5.74) is 3.59. The Morgan fingerprint density at radius 2 is 2.00 bits per heavy atom. The van der Waals surface area contributed by atoms with E-state index in [1.807, 2.05) is 31.9 Å². The van der Waals surface area contributed by atoms with Crippen molar-refractivity contribution in [1.29, 1.82) is 0 Å². The zero-order valence-corrected chi connectivity index (χ0v) is 16.6. The van der Waals surface area contributed by atoms with Crippen LogP contribution in [0, 0.1) is 0 Å². The van der Waals surface area contributed by atoms with Gasteiger partial charge < -0.3 is 14.5 Å². The summed E-state index contributed by atoms with van der Waals surface area (Å²) < 4.78 is 7.57. The van der Waals surface area contributed by atoms with Crippen LogP contribution < -0.4 is 4.90 Å². The number of amides is 1. The second-order valence-corrected chi connectivity index (χ2v) is 7.64. The molecule has 27 heavy (non-hydrogen) atoms. The number of carbonyl (C=O) groups is 1. The van der Waals surface area contributed by atoms with Gasteiger partial charge in [-0.05, 0) is 19.9 Å². The van der Waals surface area contributed by atoms with E-state index in [2.05, 4.69) is 15.0 Å². The monoisotopic (exact) mass is 389 g/mol. The summed E-state index contributed by atoms with van der Waals surface area (Å²) in [5, 5.41) is 5.21. The molecular formula is C19H24ClN5O2. The van der Waals surface area contributed by atoms with E-state index in [-0.39, 0.29) is 18.1 Å². The van der Waals surface area contributed by atoms with E-state index in [0.717, 1.165) is 36.5 Å². The highest BCUT2D eigenvalue weighted by molar-refractivity contribution is 6.33. The molecule has 1 saturated heterocycles. The lowest BCUT2D eigenvalue weighted by atomic mass is 9.99. The number of aryl methyl sites for hydroxylation is 1. The van der Waals surface area contributed by atoms with Crippen molar-refractivity contribution in [2.75, 3.05) is 31.1 Å². The molecule has 0 bridgehead atoms. The van der Waals surface area contributed by atoms with Crippen LogP contribution in [0.25, 0.3) is 0 Å². The Morgan fingerprint density at radius 3 is 2.70 bits per heavy atom. The lowest BCUT2D eigenvalue weighted by molar-refractivity contribution is -0.00714. The van der Waals surface area contributed by atoms with Crippen LogP contribution in [0.1, 0.15) is 41.7 Å². The Bertz CT molecular complexity index is 860. The van der Waals surface area contributed by atoms with Crippen molar-refractivity contribution in [3.8, 4) is 0 Å². The maximum absolute atomic E-state index is 13.2. The second kappa shape index (κ2) is 7.13. The number of rotatable bonds is 2. The van der Waals surface area contributed by atoms with Crippen LogP contribution in [0.15, 0.2) is 18.5 Å². The van der Waals surface area contributed by atoms with E-state index in [9.17, 15) is 4.79 Å². The number of ether oxygens (including phenoxy) is 1.